The molecule has 4 heterocycles. The van der Waals surface area contributed by atoms with E-state index >= 15 is 0 Å². The molecule has 2 bridgehead atoms. The highest BCUT2D eigenvalue weighted by Crippen LogP contribution is 2.53. The Bertz CT molecular complexity index is 863. The second kappa shape index (κ2) is 4.79. The van der Waals surface area contributed by atoms with E-state index in [9.17, 15) is 9.59 Å². The van der Waals surface area contributed by atoms with Gasteiger partial charge in [-0.1, -0.05) is 12.2 Å². The summed E-state index contributed by atoms with van der Waals surface area (Å²) in [6.07, 6.45) is 5.64. The first-order valence-corrected chi connectivity index (χ1v) is 9.03. The lowest BCUT2D eigenvalue weighted by molar-refractivity contribution is -0.132. The zero-order valence-electron chi connectivity index (χ0n) is 14.0. The predicted octanol–water partition coefficient (Wildman–Crippen LogP) is 0.980. The Morgan fingerprint density at radius 2 is 2.08 bits per heavy atom. The van der Waals surface area contributed by atoms with Crippen LogP contribution < -0.4 is 19.7 Å². The number of carbonyl (C=O) groups excluding carboxylic acids is 2. The van der Waals surface area contributed by atoms with E-state index in [1.54, 1.807) is 4.90 Å². The normalized spacial score (nSPS) is 35.9. The number of benzene rings is 1. The van der Waals surface area contributed by atoms with Gasteiger partial charge in [0, 0.05) is 17.8 Å². The quantitative estimate of drug-likeness (QED) is 0.819. The van der Waals surface area contributed by atoms with Crippen LogP contribution >= 0.6 is 0 Å². The van der Waals surface area contributed by atoms with E-state index in [4.69, 9.17) is 14.2 Å². The second-order valence-electron chi connectivity index (χ2n) is 7.64. The molecule has 4 atom stereocenters. The van der Waals surface area contributed by atoms with E-state index in [0.29, 0.717) is 18.0 Å². The maximum absolute atomic E-state index is 13.2. The molecule has 1 aromatic rings. The summed E-state index contributed by atoms with van der Waals surface area (Å²) in [5, 5.41) is 3.04. The van der Waals surface area contributed by atoms with Crippen molar-refractivity contribution >= 4 is 17.5 Å². The van der Waals surface area contributed by atoms with Gasteiger partial charge in [0.2, 0.25) is 18.6 Å². The zero-order chi connectivity index (χ0) is 17.5. The molecule has 2 saturated heterocycles. The van der Waals surface area contributed by atoms with E-state index in [1.165, 1.54) is 0 Å². The van der Waals surface area contributed by atoms with E-state index < -0.39 is 17.4 Å². The van der Waals surface area contributed by atoms with Gasteiger partial charge >= 0.3 is 0 Å². The van der Waals surface area contributed by atoms with Gasteiger partial charge in [0.15, 0.2) is 11.5 Å². The summed E-state index contributed by atoms with van der Waals surface area (Å²) >= 11 is 0. The van der Waals surface area contributed by atoms with Crippen LogP contribution in [0.3, 0.4) is 0 Å². The number of fused-ring (bicyclic) bond motifs is 2. The van der Waals surface area contributed by atoms with Crippen molar-refractivity contribution in [3.8, 4) is 11.5 Å². The second-order valence-corrected chi connectivity index (χ2v) is 7.64. The summed E-state index contributed by atoms with van der Waals surface area (Å²) in [6.45, 7) is 0.604. The lowest BCUT2D eigenvalue weighted by Gasteiger charge is -2.23. The molecule has 0 aromatic heterocycles. The smallest absolute Gasteiger partial charge is 0.234 e. The van der Waals surface area contributed by atoms with Gasteiger partial charge < -0.3 is 24.4 Å². The Morgan fingerprint density at radius 3 is 2.92 bits per heavy atom. The minimum absolute atomic E-state index is 0.0605. The first-order chi connectivity index (χ1) is 12.6. The van der Waals surface area contributed by atoms with Crippen LogP contribution in [0.5, 0.6) is 11.5 Å². The average molecular weight is 354 g/mol. The molecule has 5 aliphatic rings. The molecule has 1 saturated carbocycles. The number of rotatable bonds is 3. The van der Waals surface area contributed by atoms with E-state index in [-0.39, 0.29) is 30.8 Å². The number of hydrogen-bond acceptors (Lipinski definition) is 5. The zero-order valence-corrected chi connectivity index (χ0v) is 14.0. The van der Waals surface area contributed by atoms with E-state index in [0.717, 1.165) is 18.5 Å². The van der Waals surface area contributed by atoms with Gasteiger partial charge in [0.25, 0.3) is 0 Å². The molecular formula is C19H18N2O5. The highest BCUT2D eigenvalue weighted by atomic mass is 16.7. The topological polar surface area (TPSA) is 77.1 Å². The first kappa shape index (κ1) is 14.6. The number of nitrogens with one attached hydrogen (secondary N) is 1. The van der Waals surface area contributed by atoms with Gasteiger partial charge in [-0.05, 0) is 25.0 Å². The molecule has 6 rings (SSSR count). The van der Waals surface area contributed by atoms with Gasteiger partial charge in [-0.3, -0.25) is 9.59 Å². The molecule has 0 radical (unpaired) electrons. The largest absolute Gasteiger partial charge is 0.454 e. The number of anilines is 1. The van der Waals surface area contributed by atoms with Crippen molar-refractivity contribution in [1.82, 2.24) is 5.32 Å². The molecular weight excluding hydrogens is 336 g/mol. The molecule has 7 heteroatoms. The van der Waals surface area contributed by atoms with Crippen LogP contribution in [0.2, 0.25) is 0 Å². The Morgan fingerprint density at radius 1 is 1.23 bits per heavy atom. The third-order valence-corrected chi connectivity index (χ3v) is 5.99. The summed E-state index contributed by atoms with van der Waals surface area (Å²) in [5.41, 5.74) is 0.0359. The lowest BCUT2D eigenvalue weighted by atomic mass is 9.77. The van der Waals surface area contributed by atoms with E-state index in [2.05, 4.69) is 5.32 Å². The van der Waals surface area contributed by atoms with Crippen molar-refractivity contribution in [3.05, 3.63) is 30.4 Å². The molecule has 1 aliphatic carbocycles. The number of carbonyl (C=O) groups is 2. The summed E-state index contributed by atoms with van der Waals surface area (Å²) in [5.74, 6) is 0.265. The third-order valence-electron chi connectivity index (χ3n) is 5.99. The van der Waals surface area contributed by atoms with Crippen molar-refractivity contribution in [1.29, 1.82) is 0 Å². The lowest BCUT2D eigenvalue weighted by Crippen LogP contribution is -2.44. The van der Waals surface area contributed by atoms with Crippen LogP contribution in [-0.4, -0.2) is 42.9 Å². The average Bonchev–Trinajstić information content (AvgIpc) is 3.02. The summed E-state index contributed by atoms with van der Waals surface area (Å²) in [7, 11) is 0. The highest BCUT2D eigenvalue weighted by Gasteiger charge is 2.67. The van der Waals surface area contributed by atoms with Crippen LogP contribution in [-0.2, 0) is 14.3 Å². The van der Waals surface area contributed by atoms with Crippen LogP contribution in [0, 0.1) is 11.8 Å². The van der Waals surface area contributed by atoms with Gasteiger partial charge in [0.05, 0.1) is 24.5 Å². The van der Waals surface area contributed by atoms with Crippen LogP contribution in [0.1, 0.15) is 12.8 Å². The standard InChI is InChI=1S/C19H18N2O5/c22-17(20-10-1-2-10)15-13-5-6-19(26-13)8-21(18(23)16(15)19)11-3-4-12-14(7-11)25-9-24-12/h3-7,10,13,15-16H,1-2,8-9H2,(H,20,22)/t13-,15-,16+,19+/m0/s1. The van der Waals surface area contributed by atoms with Gasteiger partial charge in [-0.15, -0.1) is 0 Å². The minimum Gasteiger partial charge on any atom is -0.454 e. The van der Waals surface area contributed by atoms with Crippen LogP contribution in [0.15, 0.2) is 30.4 Å². The fraction of sp³-hybridized carbons (Fsp3) is 0.474. The minimum atomic E-state index is -0.705. The molecule has 26 heavy (non-hydrogen) atoms. The number of ether oxygens (including phenoxy) is 3. The van der Waals surface area contributed by atoms with Gasteiger partial charge in [-0.25, -0.2) is 0 Å². The highest BCUT2D eigenvalue weighted by molar-refractivity contribution is 6.03. The number of amides is 2. The first-order valence-electron chi connectivity index (χ1n) is 9.03. The van der Waals surface area contributed by atoms with Crippen LogP contribution in [0.4, 0.5) is 5.69 Å². The van der Waals surface area contributed by atoms with Gasteiger partial charge in [0.1, 0.15) is 5.60 Å². The van der Waals surface area contributed by atoms with Crippen molar-refractivity contribution in [2.45, 2.75) is 30.6 Å². The molecule has 1 aromatic carbocycles. The third kappa shape index (κ3) is 1.86. The molecule has 3 fully saturated rings. The number of hydrogen-bond donors (Lipinski definition) is 1. The maximum Gasteiger partial charge on any atom is 0.234 e. The predicted molar refractivity (Wildman–Crippen MR) is 89.8 cm³/mol. The summed E-state index contributed by atoms with van der Waals surface area (Å²) in [4.78, 5) is 27.7. The molecule has 0 unspecified atom stereocenters. The molecule has 1 spiro atoms. The molecule has 2 amide bonds. The van der Waals surface area contributed by atoms with Crippen molar-refractivity contribution in [3.63, 3.8) is 0 Å². The fourth-order valence-corrected chi connectivity index (χ4v) is 4.59. The monoisotopic (exact) mass is 354 g/mol. The molecule has 134 valence electrons. The SMILES string of the molecule is O=C(NC1CC1)[C@H]1[C@@H]2C=C[C@]3(CN(c4ccc5c(c4)OCO5)C(=O)[C@@H]13)O2. The van der Waals surface area contributed by atoms with Crippen molar-refractivity contribution in [2.75, 3.05) is 18.2 Å². The Kier molecular flexibility index (Phi) is 2.69. The Labute approximate surface area is 149 Å². The van der Waals surface area contributed by atoms with E-state index in [1.807, 2.05) is 30.4 Å². The fourth-order valence-electron chi connectivity index (χ4n) is 4.59. The number of nitrogens with zero attached hydrogens (tertiary/aromatic N) is 1. The molecule has 4 aliphatic heterocycles. The molecule has 7 nitrogen and oxygen atoms in total. The van der Waals surface area contributed by atoms with Gasteiger partial charge in [-0.2, -0.15) is 0 Å². The van der Waals surface area contributed by atoms with Crippen molar-refractivity contribution in [2.24, 2.45) is 11.8 Å². The Hall–Kier alpha value is -2.54. The summed E-state index contributed by atoms with van der Waals surface area (Å²) < 4.78 is 16.9. The van der Waals surface area contributed by atoms with Crippen molar-refractivity contribution < 1.29 is 23.8 Å². The summed E-state index contributed by atoms with van der Waals surface area (Å²) in [6, 6.07) is 5.73. The maximum atomic E-state index is 13.2. The Balaban J connectivity index is 1.33. The molecule has 1 N–H and O–H groups in total. The van der Waals surface area contributed by atoms with Crippen LogP contribution in [0.25, 0.3) is 0 Å².